The number of aromatic nitrogens is 1. The number of hydrogen-bond acceptors (Lipinski definition) is 4. The van der Waals surface area contributed by atoms with Crippen molar-refractivity contribution in [1.82, 2.24) is 9.88 Å². The number of likely N-dealkylation sites (tertiary alicyclic amines) is 1. The van der Waals surface area contributed by atoms with E-state index in [1.165, 1.54) is 12.8 Å². The summed E-state index contributed by atoms with van der Waals surface area (Å²) in [4.78, 5) is 18.9. The van der Waals surface area contributed by atoms with Gasteiger partial charge in [-0.1, -0.05) is 12.8 Å². The van der Waals surface area contributed by atoms with E-state index in [4.69, 9.17) is 4.74 Å². The smallest absolute Gasteiger partial charge is 0.255 e. The molecular weight excluding hydrogens is 326 g/mol. The van der Waals surface area contributed by atoms with Gasteiger partial charge in [0, 0.05) is 25.0 Å². The molecule has 1 amide bonds. The van der Waals surface area contributed by atoms with Gasteiger partial charge < -0.3 is 15.0 Å². The summed E-state index contributed by atoms with van der Waals surface area (Å²) in [7, 11) is 0. The van der Waals surface area contributed by atoms with Crippen LogP contribution in [-0.2, 0) is 0 Å². The molecule has 1 saturated heterocycles. The Morgan fingerprint density at radius 2 is 1.73 bits per heavy atom. The van der Waals surface area contributed by atoms with Crippen LogP contribution in [0.5, 0.6) is 5.75 Å². The lowest BCUT2D eigenvalue weighted by Crippen LogP contribution is -2.31. The Morgan fingerprint density at radius 1 is 1.04 bits per heavy atom. The number of rotatable bonds is 5. The number of pyridine rings is 1. The van der Waals surface area contributed by atoms with Gasteiger partial charge in [0.05, 0.1) is 11.7 Å². The Morgan fingerprint density at radius 3 is 2.31 bits per heavy atom. The first-order valence-electron chi connectivity index (χ1n) is 9.41. The van der Waals surface area contributed by atoms with Gasteiger partial charge in [-0.15, -0.1) is 0 Å². The van der Waals surface area contributed by atoms with Gasteiger partial charge in [-0.2, -0.15) is 0 Å². The Kier molecular flexibility index (Phi) is 6.10. The third-order valence-corrected chi connectivity index (χ3v) is 4.40. The number of carbonyl (C=O) groups is 1. The fourth-order valence-electron chi connectivity index (χ4n) is 3.09. The van der Waals surface area contributed by atoms with Crippen LogP contribution in [0.1, 0.15) is 49.9 Å². The highest BCUT2D eigenvalue weighted by Crippen LogP contribution is 2.20. The van der Waals surface area contributed by atoms with Crippen molar-refractivity contribution in [2.45, 2.75) is 45.6 Å². The first-order valence-corrected chi connectivity index (χ1v) is 9.41. The molecule has 0 spiro atoms. The van der Waals surface area contributed by atoms with E-state index in [0.717, 1.165) is 43.2 Å². The summed E-state index contributed by atoms with van der Waals surface area (Å²) in [5, 5.41) is 3.25. The second-order valence-corrected chi connectivity index (χ2v) is 6.95. The van der Waals surface area contributed by atoms with Crippen LogP contribution in [0.3, 0.4) is 0 Å². The number of amides is 1. The quantitative estimate of drug-likeness (QED) is 0.851. The molecule has 1 aliphatic heterocycles. The van der Waals surface area contributed by atoms with Crippen LogP contribution in [0.2, 0.25) is 0 Å². The van der Waals surface area contributed by atoms with Crippen LogP contribution in [0, 0.1) is 0 Å². The maximum absolute atomic E-state index is 12.6. The minimum atomic E-state index is 0.0844. The van der Waals surface area contributed by atoms with Gasteiger partial charge in [0.1, 0.15) is 11.6 Å². The molecule has 1 aliphatic rings. The Hall–Kier alpha value is -2.56. The molecule has 2 aromatic rings. The maximum Gasteiger partial charge on any atom is 0.255 e. The standard InChI is InChI=1S/C21H27N3O2/c1-16(2)26-19-10-8-18(9-11-19)23-20-12-7-17(15-22-20)21(25)24-13-5-3-4-6-14-24/h7-12,15-16H,3-6,13-14H2,1-2H3,(H,22,23). The van der Waals surface area contributed by atoms with Crippen LogP contribution in [0.25, 0.3) is 0 Å². The molecule has 0 bridgehead atoms. The molecule has 0 radical (unpaired) electrons. The topological polar surface area (TPSA) is 54.5 Å². The molecular formula is C21H27N3O2. The molecule has 1 fully saturated rings. The second-order valence-electron chi connectivity index (χ2n) is 6.95. The van der Waals surface area contributed by atoms with Crippen LogP contribution in [-0.4, -0.2) is 35.0 Å². The number of hydrogen-bond donors (Lipinski definition) is 1. The van der Waals surface area contributed by atoms with Crippen molar-refractivity contribution in [3.63, 3.8) is 0 Å². The minimum Gasteiger partial charge on any atom is -0.491 e. The number of nitrogens with one attached hydrogen (secondary N) is 1. The van der Waals surface area contributed by atoms with Crippen LogP contribution in [0.15, 0.2) is 42.6 Å². The molecule has 1 N–H and O–H groups in total. The molecule has 1 aromatic heterocycles. The first kappa shape index (κ1) is 18.2. The molecule has 1 aromatic carbocycles. The zero-order chi connectivity index (χ0) is 18.4. The van der Waals surface area contributed by atoms with E-state index in [-0.39, 0.29) is 12.0 Å². The van der Waals surface area contributed by atoms with E-state index >= 15 is 0 Å². The lowest BCUT2D eigenvalue weighted by molar-refractivity contribution is 0.0761. The fraction of sp³-hybridized carbons (Fsp3) is 0.429. The van der Waals surface area contributed by atoms with Crippen molar-refractivity contribution in [2.24, 2.45) is 0 Å². The summed E-state index contributed by atoms with van der Waals surface area (Å²) in [5.41, 5.74) is 1.58. The van der Waals surface area contributed by atoms with E-state index in [2.05, 4.69) is 10.3 Å². The summed E-state index contributed by atoms with van der Waals surface area (Å²) in [6.07, 6.45) is 6.43. The molecule has 5 heteroatoms. The van der Waals surface area contributed by atoms with E-state index in [0.29, 0.717) is 5.56 Å². The molecule has 0 aliphatic carbocycles. The molecule has 5 nitrogen and oxygen atoms in total. The SMILES string of the molecule is CC(C)Oc1ccc(Nc2ccc(C(=O)N3CCCCCC3)cn2)cc1. The lowest BCUT2D eigenvalue weighted by atomic mass is 10.2. The zero-order valence-electron chi connectivity index (χ0n) is 15.6. The normalized spacial score (nSPS) is 14.8. The van der Waals surface area contributed by atoms with E-state index in [1.54, 1.807) is 6.20 Å². The summed E-state index contributed by atoms with van der Waals surface area (Å²) in [6.45, 7) is 5.71. The van der Waals surface area contributed by atoms with Gasteiger partial charge in [-0.25, -0.2) is 4.98 Å². The molecule has 26 heavy (non-hydrogen) atoms. The third kappa shape index (κ3) is 4.97. The minimum absolute atomic E-state index is 0.0844. The van der Waals surface area contributed by atoms with Crippen LogP contribution >= 0.6 is 0 Å². The summed E-state index contributed by atoms with van der Waals surface area (Å²) in [5.74, 6) is 1.65. The number of nitrogens with zero attached hydrogens (tertiary/aromatic N) is 2. The Balaban J connectivity index is 1.61. The number of ether oxygens (including phenoxy) is 1. The van der Waals surface area contributed by atoms with Crippen LogP contribution in [0.4, 0.5) is 11.5 Å². The average Bonchev–Trinajstić information content (AvgIpc) is 2.92. The Labute approximate surface area is 155 Å². The number of anilines is 2. The monoisotopic (exact) mass is 353 g/mol. The third-order valence-electron chi connectivity index (χ3n) is 4.40. The maximum atomic E-state index is 12.6. The largest absolute Gasteiger partial charge is 0.491 e. The molecule has 138 valence electrons. The van der Waals surface area contributed by atoms with Crippen molar-refractivity contribution in [1.29, 1.82) is 0 Å². The molecule has 0 unspecified atom stereocenters. The number of carbonyl (C=O) groups excluding carboxylic acids is 1. The van der Waals surface area contributed by atoms with Crippen molar-refractivity contribution < 1.29 is 9.53 Å². The highest BCUT2D eigenvalue weighted by molar-refractivity contribution is 5.94. The summed E-state index contributed by atoms with van der Waals surface area (Å²) < 4.78 is 5.64. The highest BCUT2D eigenvalue weighted by atomic mass is 16.5. The molecule has 0 saturated carbocycles. The van der Waals surface area contributed by atoms with Crippen molar-refractivity contribution in [2.75, 3.05) is 18.4 Å². The Bertz CT molecular complexity index is 703. The van der Waals surface area contributed by atoms with Gasteiger partial charge in [0.15, 0.2) is 0 Å². The second kappa shape index (κ2) is 8.70. The molecule has 0 atom stereocenters. The number of benzene rings is 1. The predicted molar refractivity (Wildman–Crippen MR) is 104 cm³/mol. The zero-order valence-corrected chi connectivity index (χ0v) is 15.6. The fourth-order valence-corrected chi connectivity index (χ4v) is 3.09. The van der Waals surface area contributed by atoms with E-state index in [9.17, 15) is 4.79 Å². The van der Waals surface area contributed by atoms with E-state index in [1.807, 2.05) is 55.1 Å². The van der Waals surface area contributed by atoms with Gasteiger partial charge in [0.2, 0.25) is 0 Å². The van der Waals surface area contributed by atoms with Gasteiger partial charge in [0.25, 0.3) is 5.91 Å². The molecule has 3 rings (SSSR count). The molecule has 2 heterocycles. The van der Waals surface area contributed by atoms with Gasteiger partial charge in [-0.3, -0.25) is 4.79 Å². The lowest BCUT2D eigenvalue weighted by Gasteiger charge is -2.20. The first-order chi connectivity index (χ1) is 12.6. The summed E-state index contributed by atoms with van der Waals surface area (Å²) >= 11 is 0. The van der Waals surface area contributed by atoms with Crippen molar-refractivity contribution >= 4 is 17.4 Å². The van der Waals surface area contributed by atoms with Crippen molar-refractivity contribution in [3.8, 4) is 5.75 Å². The predicted octanol–water partition coefficient (Wildman–Crippen LogP) is 4.63. The van der Waals surface area contributed by atoms with Gasteiger partial charge in [-0.05, 0) is 63.1 Å². The van der Waals surface area contributed by atoms with Crippen molar-refractivity contribution in [3.05, 3.63) is 48.2 Å². The summed E-state index contributed by atoms with van der Waals surface area (Å²) in [6, 6.07) is 11.5. The van der Waals surface area contributed by atoms with Crippen LogP contribution < -0.4 is 10.1 Å². The highest BCUT2D eigenvalue weighted by Gasteiger charge is 2.17. The van der Waals surface area contributed by atoms with Gasteiger partial charge >= 0.3 is 0 Å². The average molecular weight is 353 g/mol. The van der Waals surface area contributed by atoms with E-state index < -0.39 is 0 Å².